The van der Waals surface area contributed by atoms with Gasteiger partial charge in [-0.05, 0) is 58.3 Å². The Balaban J connectivity index is 2.51. The molecule has 0 aliphatic heterocycles. The van der Waals surface area contributed by atoms with Gasteiger partial charge in [-0.25, -0.2) is 9.59 Å². The number of carbonyl (C=O) groups excluding carboxylic acids is 2. The molecule has 0 radical (unpaired) electrons. The van der Waals surface area contributed by atoms with Crippen molar-refractivity contribution in [1.29, 1.82) is 0 Å². The summed E-state index contributed by atoms with van der Waals surface area (Å²) in [5, 5.41) is 5.90. The van der Waals surface area contributed by atoms with Gasteiger partial charge < -0.3 is 29.9 Å². The molecule has 1 rings (SSSR count). The van der Waals surface area contributed by atoms with E-state index in [-0.39, 0.29) is 29.1 Å². The quantitative estimate of drug-likeness (QED) is 0.617. The molecule has 1 saturated carbocycles. The first-order valence-corrected chi connectivity index (χ1v) is 10.0. The number of ether oxygens (including phenoxy) is 2. The van der Waals surface area contributed by atoms with Crippen molar-refractivity contribution < 1.29 is 19.1 Å². The fraction of sp³-hybridized carbons (Fsp3) is 0.900. The average Bonchev–Trinajstić information content (AvgIpc) is 2.50. The van der Waals surface area contributed by atoms with E-state index in [0.29, 0.717) is 32.8 Å². The van der Waals surface area contributed by atoms with Gasteiger partial charge in [0.1, 0.15) is 13.2 Å². The zero-order valence-corrected chi connectivity index (χ0v) is 18.8. The van der Waals surface area contributed by atoms with Crippen molar-refractivity contribution in [2.24, 2.45) is 10.8 Å². The summed E-state index contributed by atoms with van der Waals surface area (Å²) in [4.78, 5) is 28.0. The number of nitrogens with zero attached hydrogens (tertiary/aromatic N) is 2. The molecule has 8 nitrogen and oxygen atoms in total. The smallest absolute Gasteiger partial charge is 0.407 e. The molecule has 1 fully saturated rings. The van der Waals surface area contributed by atoms with Crippen LogP contribution in [-0.2, 0) is 9.47 Å². The van der Waals surface area contributed by atoms with Gasteiger partial charge in [-0.15, -0.1) is 0 Å². The van der Waals surface area contributed by atoms with Gasteiger partial charge in [-0.1, -0.05) is 20.8 Å². The summed E-state index contributed by atoms with van der Waals surface area (Å²) in [6.07, 6.45) is 1.88. The number of likely N-dealkylation sites (N-methyl/N-ethyl adjacent to an activating group) is 2. The summed E-state index contributed by atoms with van der Waals surface area (Å²) in [7, 11) is 7.75. The number of alkyl carbamates (subject to hydrolysis) is 2. The second-order valence-corrected chi connectivity index (χ2v) is 9.63. The van der Waals surface area contributed by atoms with Crippen LogP contribution in [0.4, 0.5) is 9.59 Å². The lowest BCUT2D eigenvalue weighted by Gasteiger charge is -2.46. The highest BCUT2D eigenvalue weighted by atomic mass is 16.6. The fourth-order valence-corrected chi connectivity index (χ4v) is 4.06. The maximum absolute atomic E-state index is 12.1. The maximum Gasteiger partial charge on any atom is 0.407 e. The van der Waals surface area contributed by atoms with Crippen molar-refractivity contribution in [1.82, 2.24) is 20.4 Å². The van der Waals surface area contributed by atoms with Crippen LogP contribution in [0.2, 0.25) is 0 Å². The molecule has 1 aliphatic carbocycles. The zero-order valence-electron chi connectivity index (χ0n) is 18.8. The second kappa shape index (κ2) is 10.9. The standard InChI is InChI=1S/C20H40N4O4/c1-19(2)12-16(22-18(26)28-11-9-24(6)7)13-20(3,14-19)15-21-17(25)27-10-8-23(4)5/h16H,8-15H2,1-7H3,(H,21,25)(H,22,26). The molecule has 0 aromatic carbocycles. The molecular weight excluding hydrogens is 360 g/mol. The van der Waals surface area contributed by atoms with Gasteiger partial charge >= 0.3 is 12.2 Å². The van der Waals surface area contributed by atoms with Crippen molar-refractivity contribution in [3.8, 4) is 0 Å². The highest BCUT2D eigenvalue weighted by molar-refractivity contribution is 5.68. The molecule has 0 heterocycles. The van der Waals surface area contributed by atoms with Gasteiger partial charge in [-0.2, -0.15) is 0 Å². The number of hydrogen-bond donors (Lipinski definition) is 2. The van der Waals surface area contributed by atoms with Crippen LogP contribution < -0.4 is 10.6 Å². The van der Waals surface area contributed by atoms with Crippen LogP contribution in [0.15, 0.2) is 0 Å². The van der Waals surface area contributed by atoms with E-state index < -0.39 is 0 Å². The van der Waals surface area contributed by atoms with Crippen molar-refractivity contribution in [3.05, 3.63) is 0 Å². The molecule has 2 N–H and O–H groups in total. The highest BCUT2D eigenvalue weighted by Gasteiger charge is 2.42. The third-order valence-electron chi connectivity index (χ3n) is 4.97. The maximum atomic E-state index is 12.1. The Kier molecular flexibility index (Phi) is 9.50. The molecule has 1 aliphatic rings. The molecule has 2 unspecified atom stereocenters. The van der Waals surface area contributed by atoms with Gasteiger partial charge in [-0.3, -0.25) is 0 Å². The first kappa shape index (κ1) is 24.5. The molecule has 2 atom stereocenters. The van der Waals surface area contributed by atoms with Crippen molar-refractivity contribution in [2.45, 2.75) is 46.1 Å². The summed E-state index contributed by atoms with van der Waals surface area (Å²) in [6, 6.07) is 0.0205. The van der Waals surface area contributed by atoms with Crippen molar-refractivity contribution in [3.63, 3.8) is 0 Å². The van der Waals surface area contributed by atoms with Crippen LogP contribution >= 0.6 is 0 Å². The number of amides is 2. The van der Waals surface area contributed by atoms with E-state index in [1.165, 1.54) is 0 Å². The monoisotopic (exact) mass is 400 g/mol. The van der Waals surface area contributed by atoms with Gasteiger partial charge in [0.15, 0.2) is 0 Å². The summed E-state index contributed by atoms with van der Waals surface area (Å²) in [6.45, 7) is 9.19. The Morgan fingerprint density at radius 1 is 0.929 bits per heavy atom. The minimum Gasteiger partial charge on any atom is -0.448 e. The van der Waals surface area contributed by atoms with E-state index in [0.717, 1.165) is 19.3 Å². The first-order chi connectivity index (χ1) is 12.9. The first-order valence-electron chi connectivity index (χ1n) is 10.0. The van der Waals surface area contributed by atoms with Gasteiger partial charge in [0.05, 0.1) is 0 Å². The van der Waals surface area contributed by atoms with E-state index in [1.54, 1.807) is 0 Å². The number of rotatable bonds is 9. The molecule has 28 heavy (non-hydrogen) atoms. The lowest BCUT2D eigenvalue weighted by molar-refractivity contribution is 0.0613. The summed E-state index contributed by atoms with van der Waals surface area (Å²) >= 11 is 0. The minimum atomic E-state index is -0.390. The average molecular weight is 401 g/mol. The number of hydrogen-bond acceptors (Lipinski definition) is 6. The van der Waals surface area contributed by atoms with E-state index in [4.69, 9.17) is 9.47 Å². The highest BCUT2D eigenvalue weighted by Crippen LogP contribution is 2.45. The number of nitrogens with one attached hydrogen (secondary N) is 2. The Hall–Kier alpha value is -1.54. The van der Waals surface area contributed by atoms with Crippen LogP contribution in [0.1, 0.15) is 40.0 Å². The molecular formula is C20H40N4O4. The summed E-state index contributed by atoms with van der Waals surface area (Å²) < 4.78 is 10.5. The molecule has 2 amide bonds. The van der Waals surface area contributed by atoms with Gasteiger partial charge in [0.2, 0.25) is 0 Å². The molecule has 164 valence electrons. The molecule has 0 aromatic rings. The van der Waals surface area contributed by atoms with Gasteiger partial charge in [0.25, 0.3) is 0 Å². The molecule has 0 spiro atoms. The molecule has 0 bridgehead atoms. The third kappa shape index (κ3) is 10.1. The summed E-state index contributed by atoms with van der Waals surface area (Å²) in [5.41, 5.74) is -0.0605. The minimum absolute atomic E-state index is 0.0205. The van der Waals surface area contributed by atoms with Crippen LogP contribution in [0, 0.1) is 10.8 Å². The normalized spacial score (nSPS) is 24.1. The lowest BCUT2D eigenvalue weighted by Crippen LogP contribution is -2.50. The number of carbonyl (C=O) groups is 2. The molecule has 8 heteroatoms. The van der Waals surface area contributed by atoms with E-state index in [1.807, 2.05) is 38.0 Å². The van der Waals surface area contributed by atoms with Crippen molar-refractivity contribution in [2.75, 3.05) is 61.0 Å². The van der Waals surface area contributed by atoms with Crippen LogP contribution in [-0.4, -0.2) is 89.1 Å². The largest absolute Gasteiger partial charge is 0.448 e. The Morgan fingerprint density at radius 3 is 2.00 bits per heavy atom. The summed E-state index contributed by atoms with van der Waals surface area (Å²) in [5.74, 6) is 0. The van der Waals surface area contributed by atoms with E-state index in [2.05, 4.69) is 31.4 Å². The lowest BCUT2D eigenvalue weighted by atomic mass is 9.62. The Morgan fingerprint density at radius 2 is 1.46 bits per heavy atom. The topological polar surface area (TPSA) is 83.1 Å². The van der Waals surface area contributed by atoms with Crippen LogP contribution in [0.25, 0.3) is 0 Å². The van der Waals surface area contributed by atoms with Crippen molar-refractivity contribution >= 4 is 12.2 Å². The fourth-order valence-electron chi connectivity index (χ4n) is 4.06. The van der Waals surface area contributed by atoms with Gasteiger partial charge in [0, 0.05) is 25.7 Å². The molecule has 0 aromatic heterocycles. The SMILES string of the molecule is CN(C)CCOC(=O)NCC1(C)CC(NC(=O)OCCN(C)C)CC(C)(C)C1. The van der Waals surface area contributed by atoms with Crippen LogP contribution in [0.3, 0.4) is 0 Å². The predicted molar refractivity (Wildman–Crippen MR) is 110 cm³/mol. The Bertz CT molecular complexity index is 510. The molecule has 0 saturated heterocycles. The van der Waals surface area contributed by atoms with Crippen LogP contribution in [0.5, 0.6) is 0 Å². The third-order valence-corrected chi connectivity index (χ3v) is 4.97. The Labute approximate surface area is 170 Å². The zero-order chi connectivity index (χ0) is 21.4. The predicted octanol–water partition coefficient (Wildman–Crippen LogP) is 2.15. The second-order valence-electron chi connectivity index (χ2n) is 9.63. The van der Waals surface area contributed by atoms with E-state index in [9.17, 15) is 9.59 Å². The van der Waals surface area contributed by atoms with E-state index >= 15 is 0 Å².